The molecule has 1 N–H and O–H groups in total. The number of hydrogen-bond acceptors (Lipinski definition) is 4. The molecule has 1 aromatic carbocycles. The second-order valence-corrected chi connectivity index (χ2v) is 5.42. The number of nitrogens with zero attached hydrogens (tertiary/aromatic N) is 4. The molecule has 20 heavy (non-hydrogen) atoms. The van der Waals surface area contributed by atoms with Crippen molar-refractivity contribution in [3.8, 4) is 11.4 Å². The number of aromatic nitrogens is 4. The van der Waals surface area contributed by atoms with Crippen molar-refractivity contribution in [3.05, 3.63) is 28.2 Å². The number of benzene rings is 1. The monoisotopic (exact) mass is 314 g/mol. The maximum atomic E-state index is 11.4. The van der Waals surface area contributed by atoms with E-state index in [1.54, 1.807) is 32.0 Å². The van der Waals surface area contributed by atoms with Crippen LogP contribution in [-0.4, -0.2) is 31.3 Å². The SMILES string of the molecule is CC(C)C(C(=O)O)n1nnnc1-c1ccc(Cl)c(Cl)c1. The van der Waals surface area contributed by atoms with Crippen molar-refractivity contribution < 1.29 is 9.90 Å². The van der Waals surface area contributed by atoms with Crippen molar-refractivity contribution >= 4 is 29.2 Å². The van der Waals surface area contributed by atoms with Gasteiger partial charge in [0.05, 0.1) is 10.0 Å². The molecule has 0 radical (unpaired) electrons. The number of halogens is 2. The molecule has 1 heterocycles. The Kier molecular flexibility index (Phi) is 4.25. The van der Waals surface area contributed by atoms with Gasteiger partial charge in [-0.15, -0.1) is 5.10 Å². The maximum Gasteiger partial charge on any atom is 0.328 e. The van der Waals surface area contributed by atoms with E-state index in [-0.39, 0.29) is 5.92 Å². The lowest BCUT2D eigenvalue weighted by molar-refractivity contribution is -0.142. The molecule has 0 bridgehead atoms. The van der Waals surface area contributed by atoms with E-state index in [0.717, 1.165) is 0 Å². The molecule has 0 spiro atoms. The normalized spacial score (nSPS) is 12.7. The molecule has 0 amide bonds. The summed E-state index contributed by atoms with van der Waals surface area (Å²) in [4.78, 5) is 11.4. The molecule has 0 aliphatic carbocycles. The Hall–Kier alpha value is -1.66. The van der Waals surface area contributed by atoms with Crippen LogP contribution in [0.1, 0.15) is 19.9 Å². The van der Waals surface area contributed by atoms with Gasteiger partial charge in [0.1, 0.15) is 0 Å². The third kappa shape index (κ3) is 2.76. The third-order valence-corrected chi connectivity index (χ3v) is 3.56. The summed E-state index contributed by atoms with van der Waals surface area (Å²) >= 11 is 11.8. The topological polar surface area (TPSA) is 80.9 Å². The van der Waals surface area contributed by atoms with E-state index >= 15 is 0 Å². The van der Waals surface area contributed by atoms with Crippen LogP contribution in [0, 0.1) is 5.92 Å². The lowest BCUT2D eigenvalue weighted by atomic mass is 10.0. The zero-order valence-corrected chi connectivity index (χ0v) is 12.3. The minimum absolute atomic E-state index is 0.169. The minimum Gasteiger partial charge on any atom is -0.480 e. The van der Waals surface area contributed by atoms with Gasteiger partial charge in [-0.05, 0) is 34.5 Å². The first-order valence-corrected chi connectivity index (χ1v) is 6.63. The Morgan fingerprint density at radius 1 is 1.30 bits per heavy atom. The van der Waals surface area contributed by atoms with Crippen LogP contribution in [0.3, 0.4) is 0 Å². The molecule has 0 aliphatic heterocycles. The molecule has 1 aromatic heterocycles. The predicted molar refractivity (Wildman–Crippen MR) is 74.8 cm³/mol. The van der Waals surface area contributed by atoms with Gasteiger partial charge in [0.2, 0.25) is 0 Å². The van der Waals surface area contributed by atoms with Crippen LogP contribution in [-0.2, 0) is 4.79 Å². The Labute approximate surface area is 125 Å². The summed E-state index contributed by atoms with van der Waals surface area (Å²) in [6, 6.07) is 4.05. The summed E-state index contributed by atoms with van der Waals surface area (Å²) < 4.78 is 1.28. The molecule has 2 rings (SSSR count). The van der Waals surface area contributed by atoms with Crippen LogP contribution >= 0.6 is 23.2 Å². The number of carboxylic acids is 1. The lowest BCUT2D eigenvalue weighted by Gasteiger charge is -2.17. The number of rotatable bonds is 4. The Morgan fingerprint density at radius 3 is 2.55 bits per heavy atom. The van der Waals surface area contributed by atoms with Crippen molar-refractivity contribution in [2.45, 2.75) is 19.9 Å². The first-order chi connectivity index (χ1) is 9.41. The first-order valence-electron chi connectivity index (χ1n) is 5.88. The second kappa shape index (κ2) is 5.76. The summed E-state index contributed by atoms with van der Waals surface area (Å²) in [6.45, 7) is 3.58. The van der Waals surface area contributed by atoms with Crippen molar-refractivity contribution in [3.63, 3.8) is 0 Å². The van der Waals surface area contributed by atoms with Crippen LogP contribution in [0.4, 0.5) is 0 Å². The van der Waals surface area contributed by atoms with Crippen LogP contribution in [0.5, 0.6) is 0 Å². The summed E-state index contributed by atoms with van der Waals surface area (Å²) in [5.41, 5.74) is 0.608. The third-order valence-electron chi connectivity index (χ3n) is 2.82. The molecule has 0 saturated heterocycles. The first kappa shape index (κ1) is 14.7. The molecule has 2 aromatic rings. The molecular formula is C12H12Cl2N4O2. The highest BCUT2D eigenvalue weighted by molar-refractivity contribution is 6.42. The highest BCUT2D eigenvalue weighted by Gasteiger charge is 2.28. The molecule has 106 valence electrons. The summed E-state index contributed by atoms with van der Waals surface area (Å²) in [7, 11) is 0. The number of aliphatic carboxylic acids is 1. The van der Waals surface area contributed by atoms with E-state index in [1.807, 2.05) is 0 Å². The average Bonchev–Trinajstić information content (AvgIpc) is 2.80. The van der Waals surface area contributed by atoms with Crippen LogP contribution < -0.4 is 0 Å². The highest BCUT2D eigenvalue weighted by atomic mass is 35.5. The molecule has 1 unspecified atom stereocenters. The highest BCUT2D eigenvalue weighted by Crippen LogP contribution is 2.29. The molecule has 8 heteroatoms. The maximum absolute atomic E-state index is 11.4. The van der Waals surface area contributed by atoms with Gasteiger partial charge in [-0.25, -0.2) is 9.48 Å². The van der Waals surface area contributed by atoms with Gasteiger partial charge in [0, 0.05) is 5.56 Å². The summed E-state index contributed by atoms with van der Waals surface area (Å²) in [5.74, 6) is -0.823. The number of carboxylic acid groups (broad SMARTS) is 1. The van der Waals surface area contributed by atoms with E-state index in [1.165, 1.54) is 4.68 Å². The molecule has 6 nitrogen and oxygen atoms in total. The number of hydrogen-bond donors (Lipinski definition) is 1. The Bertz CT molecular complexity index is 642. The summed E-state index contributed by atoms with van der Waals surface area (Å²) in [6.07, 6.45) is 0. The fourth-order valence-corrected chi connectivity index (χ4v) is 2.18. The van der Waals surface area contributed by atoms with Crippen molar-refractivity contribution in [2.24, 2.45) is 5.92 Å². The lowest BCUT2D eigenvalue weighted by Crippen LogP contribution is -2.26. The van der Waals surface area contributed by atoms with Crippen molar-refractivity contribution in [1.82, 2.24) is 20.2 Å². The Morgan fingerprint density at radius 2 is 2.00 bits per heavy atom. The molecule has 0 fully saturated rings. The fourth-order valence-electron chi connectivity index (χ4n) is 1.88. The van der Waals surface area contributed by atoms with Gasteiger partial charge in [-0.1, -0.05) is 37.0 Å². The van der Waals surface area contributed by atoms with E-state index in [0.29, 0.717) is 21.4 Å². The van der Waals surface area contributed by atoms with Gasteiger partial charge in [0.25, 0.3) is 0 Å². The number of carbonyl (C=O) groups is 1. The zero-order valence-electron chi connectivity index (χ0n) is 10.8. The fraction of sp³-hybridized carbons (Fsp3) is 0.333. The van der Waals surface area contributed by atoms with Crippen molar-refractivity contribution in [1.29, 1.82) is 0 Å². The van der Waals surface area contributed by atoms with E-state index in [9.17, 15) is 9.90 Å². The minimum atomic E-state index is -0.992. The van der Waals surface area contributed by atoms with Gasteiger partial charge >= 0.3 is 5.97 Å². The molecule has 0 aliphatic rings. The van der Waals surface area contributed by atoms with Crippen LogP contribution in [0.15, 0.2) is 18.2 Å². The summed E-state index contributed by atoms with van der Waals surface area (Å²) in [5, 5.41) is 21.3. The van der Waals surface area contributed by atoms with E-state index in [2.05, 4.69) is 15.5 Å². The van der Waals surface area contributed by atoms with Gasteiger partial charge in [0.15, 0.2) is 11.9 Å². The van der Waals surface area contributed by atoms with Gasteiger partial charge < -0.3 is 5.11 Å². The Balaban J connectivity index is 2.51. The van der Waals surface area contributed by atoms with Gasteiger partial charge in [-0.2, -0.15) is 0 Å². The smallest absolute Gasteiger partial charge is 0.328 e. The predicted octanol–water partition coefficient (Wildman–Crippen LogP) is 2.93. The van der Waals surface area contributed by atoms with Crippen molar-refractivity contribution in [2.75, 3.05) is 0 Å². The molecule has 1 atom stereocenters. The van der Waals surface area contributed by atoms with Gasteiger partial charge in [-0.3, -0.25) is 0 Å². The quantitative estimate of drug-likeness (QED) is 0.938. The largest absolute Gasteiger partial charge is 0.480 e. The zero-order chi connectivity index (χ0) is 14.9. The van der Waals surface area contributed by atoms with Crippen LogP contribution in [0.25, 0.3) is 11.4 Å². The second-order valence-electron chi connectivity index (χ2n) is 4.60. The standard InChI is InChI=1S/C12H12Cl2N4O2/c1-6(2)10(12(19)20)18-11(15-16-17-18)7-3-4-8(13)9(14)5-7/h3-6,10H,1-2H3,(H,19,20). The average molecular weight is 315 g/mol. The van der Waals surface area contributed by atoms with Crippen LogP contribution in [0.2, 0.25) is 10.0 Å². The van der Waals surface area contributed by atoms with E-state index in [4.69, 9.17) is 23.2 Å². The van der Waals surface area contributed by atoms with E-state index < -0.39 is 12.0 Å². The molecule has 0 saturated carbocycles. The number of tetrazole rings is 1. The molecular weight excluding hydrogens is 303 g/mol.